The number of nitrogens with zero attached hydrogens (tertiary/aromatic N) is 2. The molecule has 0 aliphatic heterocycles. The van der Waals surface area contributed by atoms with Crippen molar-refractivity contribution < 1.29 is 33.3 Å². The molecule has 0 saturated heterocycles. The highest BCUT2D eigenvalue weighted by molar-refractivity contribution is 7.92. The highest BCUT2D eigenvalue weighted by Gasteiger charge is 2.32. The Morgan fingerprint density at radius 3 is 2.52 bits per heavy atom. The summed E-state index contributed by atoms with van der Waals surface area (Å²) in [4.78, 5) is 23.5. The fourth-order valence-corrected chi connectivity index (χ4v) is 4.80. The maximum absolute atomic E-state index is 13.1. The monoisotopic (exact) mass is 475 g/mol. The van der Waals surface area contributed by atoms with Gasteiger partial charge in [-0.3, -0.25) is 14.1 Å². The van der Waals surface area contributed by atoms with Crippen LogP contribution in [0.2, 0.25) is 0 Å². The minimum absolute atomic E-state index is 0.0214. The molecule has 1 aliphatic rings. The number of rotatable bonds is 8. The molecular weight excluding hydrogens is 454 g/mol. The van der Waals surface area contributed by atoms with E-state index in [0.717, 1.165) is 9.13 Å². The Hall–Kier alpha value is -3.93. The smallest absolute Gasteiger partial charge is 0.338 e. The van der Waals surface area contributed by atoms with Crippen molar-refractivity contribution in [2.24, 2.45) is 0 Å². The number of hydrogen-bond donors (Lipinski definition) is 4. The van der Waals surface area contributed by atoms with E-state index in [-0.39, 0.29) is 40.0 Å². The third kappa shape index (κ3) is 4.24. The molecule has 0 unspecified atom stereocenters. The quantitative estimate of drug-likeness (QED) is 0.384. The number of carboxylic acids is 1. The molecule has 1 fully saturated rings. The van der Waals surface area contributed by atoms with Crippen LogP contribution in [0.25, 0.3) is 5.69 Å². The number of hydrogen-bond acceptors (Lipinski definition) is 7. The van der Waals surface area contributed by atoms with Gasteiger partial charge in [0.25, 0.3) is 21.8 Å². The van der Waals surface area contributed by atoms with E-state index in [2.05, 4.69) is 4.72 Å². The minimum atomic E-state index is -4.21. The lowest BCUT2D eigenvalue weighted by Crippen LogP contribution is -2.22. The number of imidazole rings is 1. The zero-order valence-electron chi connectivity index (χ0n) is 17.4. The molecule has 1 aromatic heterocycles. The van der Waals surface area contributed by atoms with Crippen molar-refractivity contribution >= 4 is 21.7 Å². The standard InChI is InChI=1S/C21H21N3O8S/c1-32-16-8-5-12(10-18(25)26)9-17(16)33(30,31)22-13-3-2-4-15(11-13)24-20(28)19(27)23(21(24)29)14-6-7-14/h2-5,8-9,11,14,22,27-28H,6-7,10H2,1H3,(H,25,26). The van der Waals surface area contributed by atoms with Crippen molar-refractivity contribution in [2.75, 3.05) is 11.8 Å². The van der Waals surface area contributed by atoms with Gasteiger partial charge in [0.2, 0.25) is 0 Å². The van der Waals surface area contributed by atoms with Crippen molar-refractivity contribution in [3.05, 3.63) is 58.5 Å². The molecule has 0 spiro atoms. The van der Waals surface area contributed by atoms with Crippen LogP contribution >= 0.6 is 0 Å². The Kier molecular flexibility index (Phi) is 5.54. The van der Waals surface area contributed by atoms with Crippen LogP contribution in [0.5, 0.6) is 17.5 Å². The summed E-state index contributed by atoms with van der Waals surface area (Å²) in [5, 5.41) is 29.4. The molecule has 0 atom stereocenters. The molecule has 4 rings (SSSR count). The van der Waals surface area contributed by atoms with E-state index in [1.165, 1.54) is 49.6 Å². The number of aromatic hydroxyl groups is 2. The van der Waals surface area contributed by atoms with Crippen molar-refractivity contribution in [1.29, 1.82) is 0 Å². The van der Waals surface area contributed by atoms with E-state index in [1.807, 2.05) is 0 Å². The molecule has 12 heteroatoms. The van der Waals surface area contributed by atoms with Gasteiger partial charge in [-0.2, -0.15) is 0 Å². The third-order valence-corrected chi connectivity index (χ3v) is 6.58. The molecule has 11 nitrogen and oxygen atoms in total. The number of benzene rings is 2. The number of ether oxygens (including phenoxy) is 1. The van der Waals surface area contributed by atoms with Gasteiger partial charge in [0.1, 0.15) is 10.6 Å². The molecule has 1 aliphatic carbocycles. The number of aromatic nitrogens is 2. The predicted molar refractivity (Wildman–Crippen MR) is 117 cm³/mol. The molecule has 0 amide bonds. The lowest BCUT2D eigenvalue weighted by atomic mass is 10.1. The van der Waals surface area contributed by atoms with Crippen LogP contribution in [0.1, 0.15) is 24.4 Å². The average Bonchev–Trinajstić information content (AvgIpc) is 3.55. The summed E-state index contributed by atoms with van der Waals surface area (Å²) in [6, 6.07) is 9.56. The van der Waals surface area contributed by atoms with Crippen LogP contribution in [0.4, 0.5) is 5.69 Å². The topological polar surface area (TPSA) is 160 Å². The summed E-state index contributed by atoms with van der Waals surface area (Å²) < 4.78 is 35.6. The Bertz CT molecular complexity index is 1400. The average molecular weight is 475 g/mol. The zero-order valence-corrected chi connectivity index (χ0v) is 18.2. The molecular formula is C21H21N3O8S. The predicted octanol–water partition coefficient (Wildman–Crippen LogP) is 1.82. The van der Waals surface area contributed by atoms with Crippen LogP contribution in [0.3, 0.4) is 0 Å². The number of aliphatic carboxylic acids is 1. The van der Waals surface area contributed by atoms with Gasteiger partial charge in [0.15, 0.2) is 0 Å². The van der Waals surface area contributed by atoms with Crippen molar-refractivity contribution in [3.63, 3.8) is 0 Å². The first-order valence-electron chi connectivity index (χ1n) is 9.89. The number of carbonyl (C=O) groups is 1. The fraction of sp³-hybridized carbons (Fsp3) is 0.238. The molecule has 3 aromatic rings. The lowest BCUT2D eigenvalue weighted by Gasteiger charge is -2.13. The largest absolute Gasteiger partial charge is 0.495 e. The van der Waals surface area contributed by atoms with Gasteiger partial charge in [-0.25, -0.2) is 17.8 Å². The Labute approximate surface area is 188 Å². The Morgan fingerprint density at radius 1 is 1.15 bits per heavy atom. The summed E-state index contributed by atoms with van der Waals surface area (Å²) in [5.74, 6) is -2.28. The molecule has 1 saturated carbocycles. The van der Waals surface area contributed by atoms with E-state index >= 15 is 0 Å². The van der Waals surface area contributed by atoms with Crippen LogP contribution in [0.15, 0.2) is 52.2 Å². The maximum Gasteiger partial charge on any atom is 0.338 e. The van der Waals surface area contributed by atoms with Gasteiger partial charge < -0.3 is 20.1 Å². The van der Waals surface area contributed by atoms with Gasteiger partial charge in [-0.05, 0) is 48.7 Å². The molecule has 33 heavy (non-hydrogen) atoms. The fourth-order valence-electron chi connectivity index (χ4n) is 3.53. The molecule has 174 valence electrons. The molecule has 4 N–H and O–H groups in total. The first-order valence-corrected chi connectivity index (χ1v) is 11.4. The first-order chi connectivity index (χ1) is 15.6. The van der Waals surface area contributed by atoms with Gasteiger partial charge >= 0.3 is 11.7 Å². The van der Waals surface area contributed by atoms with E-state index in [1.54, 1.807) is 0 Å². The zero-order chi connectivity index (χ0) is 23.9. The molecule has 1 heterocycles. The summed E-state index contributed by atoms with van der Waals surface area (Å²) >= 11 is 0. The summed E-state index contributed by atoms with van der Waals surface area (Å²) in [6.45, 7) is 0. The second-order valence-electron chi connectivity index (χ2n) is 7.58. The first kappa shape index (κ1) is 22.3. The van der Waals surface area contributed by atoms with Crippen LogP contribution in [0, 0.1) is 0 Å². The SMILES string of the molecule is COc1ccc(CC(=O)O)cc1S(=O)(=O)Nc1cccc(-n2c(O)c(O)n(C3CC3)c2=O)c1. The van der Waals surface area contributed by atoms with E-state index in [0.29, 0.717) is 12.8 Å². The summed E-state index contributed by atoms with van der Waals surface area (Å²) in [5.41, 5.74) is -0.163. The molecule has 0 radical (unpaired) electrons. The number of anilines is 1. The number of carboxylic acid groups (broad SMARTS) is 1. The molecule has 0 bridgehead atoms. The number of nitrogens with one attached hydrogen (secondary N) is 1. The normalized spacial score (nSPS) is 13.6. The number of methoxy groups -OCH3 is 1. The van der Waals surface area contributed by atoms with Crippen LogP contribution in [-0.2, 0) is 21.2 Å². The lowest BCUT2D eigenvalue weighted by molar-refractivity contribution is -0.136. The summed E-state index contributed by atoms with van der Waals surface area (Å²) in [7, 11) is -2.92. The molecule has 2 aromatic carbocycles. The maximum atomic E-state index is 13.1. The minimum Gasteiger partial charge on any atom is -0.495 e. The van der Waals surface area contributed by atoms with Crippen molar-refractivity contribution in [3.8, 4) is 23.2 Å². The highest BCUT2D eigenvalue weighted by atomic mass is 32.2. The van der Waals surface area contributed by atoms with Crippen molar-refractivity contribution in [2.45, 2.75) is 30.2 Å². The third-order valence-electron chi connectivity index (χ3n) is 5.18. The Balaban J connectivity index is 1.71. The second-order valence-corrected chi connectivity index (χ2v) is 9.23. The van der Waals surface area contributed by atoms with E-state index in [9.17, 15) is 28.2 Å². The van der Waals surface area contributed by atoms with E-state index in [4.69, 9.17) is 9.84 Å². The van der Waals surface area contributed by atoms with Crippen molar-refractivity contribution in [1.82, 2.24) is 9.13 Å². The van der Waals surface area contributed by atoms with Crippen LogP contribution < -0.4 is 15.1 Å². The number of sulfonamides is 1. The Morgan fingerprint density at radius 2 is 1.88 bits per heavy atom. The summed E-state index contributed by atoms with van der Waals surface area (Å²) in [6.07, 6.45) is 1.05. The van der Waals surface area contributed by atoms with Gasteiger partial charge in [0, 0.05) is 6.04 Å². The van der Waals surface area contributed by atoms with Crippen LogP contribution in [-0.4, -0.2) is 46.0 Å². The van der Waals surface area contributed by atoms with Gasteiger partial charge in [-0.1, -0.05) is 12.1 Å². The van der Waals surface area contributed by atoms with E-state index < -0.39 is 33.4 Å². The van der Waals surface area contributed by atoms with Gasteiger partial charge in [0.05, 0.1) is 24.9 Å². The highest BCUT2D eigenvalue weighted by Crippen LogP contribution is 2.40. The second kappa shape index (κ2) is 8.20. The van der Waals surface area contributed by atoms with Gasteiger partial charge in [-0.15, -0.1) is 0 Å².